The van der Waals surface area contributed by atoms with Crippen molar-refractivity contribution in [3.05, 3.63) is 108 Å². The fraction of sp³-hybridized carbons (Fsp3) is 0.129. The van der Waals surface area contributed by atoms with Gasteiger partial charge >= 0.3 is 0 Å². The molecule has 2 aliphatic carbocycles. The molecule has 9 heteroatoms. The summed E-state index contributed by atoms with van der Waals surface area (Å²) in [5.41, 5.74) is 14.0. The number of aromatic amines is 1. The number of aromatic nitrogens is 5. The van der Waals surface area contributed by atoms with Crippen molar-refractivity contribution in [2.24, 2.45) is 11.7 Å². The van der Waals surface area contributed by atoms with Gasteiger partial charge in [0.2, 0.25) is 5.91 Å². The topological polar surface area (TPSA) is 122 Å². The van der Waals surface area contributed by atoms with Crippen LogP contribution in [0, 0.1) is 11.7 Å². The summed E-state index contributed by atoms with van der Waals surface area (Å²) < 4.78 is 13.6. The molecule has 0 spiro atoms. The van der Waals surface area contributed by atoms with E-state index in [2.05, 4.69) is 25.3 Å². The number of rotatable bonds is 5. The number of nitrogens with zero attached hydrogens (tertiary/aromatic N) is 4. The minimum absolute atomic E-state index is 0.0373. The third-order valence-corrected chi connectivity index (χ3v) is 7.18. The lowest BCUT2D eigenvalue weighted by Crippen LogP contribution is -2.13. The molecule has 2 aromatic carbocycles. The summed E-state index contributed by atoms with van der Waals surface area (Å²) in [5.74, 6) is 0.429. The normalized spacial score (nSPS) is 14.7. The van der Waals surface area contributed by atoms with E-state index in [4.69, 9.17) is 10.7 Å². The number of nitrogens with two attached hydrogens (primary N) is 1. The predicted octanol–water partition coefficient (Wildman–Crippen LogP) is 5.40. The van der Waals surface area contributed by atoms with Gasteiger partial charge in [-0.05, 0) is 60.4 Å². The zero-order valence-electron chi connectivity index (χ0n) is 21.4. The number of hydrogen-bond acceptors (Lipinski definition) is 6. The Bertz CT molecular complexity index is 1850. The van der Waals surface area contributed by atoms with Crippen LogP contribution in [0.1, 0.15) is 29.8 Å². The molecule has 0 saturated heterocycles. The van der Waals surface area contributed by atoms with Gasteiger partial charge in [-0.15, -0.1) is 0 Å². The number of anilines is 1. The minimum Gasteiger partial charge on any atom is -0.402 e. The van der Waals surface area contributed by atoms with Crippen molar-refractivity contribution in [2.45, 2.75) is 19.3 Å². The molecule has 8 nitrogen and oxygen atoms in total. The molecular weight excluding hydrogens is 505 g/mol. The highest BCUT2D eigenvalue weighted by molar-refractivity contribution is 5.96. The number of amides is 1. The summed E-state index contributed by atoms with van der Waals surface area (Å²) in [6, 6.07) is 14.2. The van der Waals surface area contributed by atoms with Gasteiger partial charge in [0.25, 0.3) is 0 Å². The van der Waals surface area contributed by atoms with Crippen molar-refractivity contribution < 1.29 is 9.18 Å². The van der Waals surface area contributed by atoms with Gasteiger partial charge in [-0.25, -0.2) is 19.3 Å². The standard InChI is InChI=1S/C31H24FN7O/c32-21-6-3-17(4-7-21)24-9-8-22(33)13-27-28(24)39-30(38-27)29-25-12-19(5-10-26(25)35-16-36-29)20-11-23(15-34-14-20)37-31(40)18-1-2-18/h3-12,14-16,18H,1-2,13,33H2,(H,37,40)(H,38,39). The fourth-order valence-corrected chi connectivity index (χ4v) is 4.95. The molecule has 0 unspecified atom stereocenters. The second-order valence-corrected chi connectivity index (χ2v) is 10.1. The Balaban J connectivity index is 1.29. The summed E-state index contributed by atoms with van der Waals surface area (Å²) in [5, 5.41) is 3.78. The Kier molecular flexibility index (Phi) is 5.70. The van der Waals surface area contributed by atoms with Gasteiger partial charge in [0, 0.05) is 46.4 Å². The van der Waals surface area contributed by atoms with Crippen LogP contribution in [0.3, 0.4) is 0 Å². The first-order chi connectivity index (χ1) is 19.5. The fourth-order valence-electron chi connectivity index (χ4n) is 4.95. The number of carbonyl (C=O) groups is 1. The molecule has 40 heavy (non-hydrogen) atoms. The number of halogens is 1. The van der Waals surface area contributed by atoms with Crippen molar-refractivity contribution in [3.63, 3.8) is 0 Å². The van der Waals surface area contributed by atoms with E-state index in [0.717, 1.165) is 57.4 Å². The van der Waals surface area contributed by atoms with Crippen LogP contribution in [0.4, 0.5) is 10.1 Å². The number of carbonyl (C=O) groups excluding carboxylic acids is 1. The average molecular weight is 530 g/mol. The number of nitrogens with one attached hydrogen (secondary N) is 2. The predicted molar refractivity (Wildman–Crippen MR) is 151 cm³/mol. The van der Waals surface area contributed by atoms with Crippen LogP contribution in [-0.2, 0) is 11.2 Å². The van der Waals surface area contributed by atoms with Gasteiger partial charge in [0.15, 0.2) is 5.82 Å². The molecule has 3 aromatic heterocycles. The van der Waals surface area contributed by atoms with E-state index in [1.54, 1.807) is 24.5 Å². The zero-order valence-corrected chi connectivity index (χ0v) is 21.4. The summed E-state index contributed by atoms with van der Waals surface area (Å²) in [6.45, 7) is 0. The molecule has 1 fully saturated rings. The molecule has 0 atom stereocenters. The molecule has 2 aliphatic rings. The number of pyridine rings is 1. The summed E-state index contributed by atoms with van der Waals surface area (Å²) in [7, 11) is 0. The van der Waals surface area contributed by atoms with Gasteiger partial charge in [-0.1, -0.05) is 24.3 Å². The first kappa shape index (κ1) is 23.9. The number of imidazole rings is 1. The number of allylic oxidation sites excluding steroid dienone is 3. The molecule has 196 valence electrons. The van der Waals surface area contributed by atoms with E-state index in [1.807, 2.05) is 36.4 Å². The van der Waals surface area contributed by atoms with Crippen LogP contribution in [0.2, 0.25) is 0 Å². The van der Waals surface area contributed by atoms with E-state index in [9.17, 15) is 9.18 Å². The maximum atomic E-state index is 13.6. The Morgan fingerprint density at radius 3 is 2.60 bits per heavy atom. The lowest BCUT2D eigenvalue weighted by Gasteiger charge is -2.09. The van der Waals surface area contributed by atoms with Gasteiger partial charge < -0.3 is 16.0 Å². The molecule has 1 saturated carbocycles. The van der Waals surface area contributed by atoms with Crippen molar-refractivity contribution in [3.8, 4) is 22.6 Å². The van der Waals surface area contributed by atoms with Crippen molar-refractivity contribution in [1.82, 2.24) is 24.9 Å². The number of H-pyrrole nitrogens is 1. The smallest absolute Gasteiger partial charge is 0.227 e. The minimum atomic E-state index is -0.301. The first-order valence-electron chi connectivity index (χ1n) is 13.0. The molecule has 7 rings (SSSR count). The Labute approximate surface area is 228 Å². The Hall–Kier alpha value is -5.18. The first-order valence-corrected chi connectivity index (χ1v) is 13.0. The van der Waals surface area contributed by atoms with E-state index in [0.29, 0.717) is 29.3 Å². The quantitative estimate of drug-likeness (QED) is 0.280. The van der Waals surface area contributed by atoms with Gasteiger partial charge in [0.1, 0.15) is 17.8 Å². The van der Waals surface area contributed by atoms with E-state index in [1.165, 1.54) is 18.5 Å². The third-order valence-electron chi connectivity index (χ3n) is 7.18. The molecule has 0 bridgehead atoms. The molecular formula is C31H24FN7O. The number of fused-ring (bicyclic) bond motifs is 2. The SMILES string of the molecule is NC1=CC=C(c2ccc(F)cc2)c2nc(-c3ncnc4ccc(-c5cncc(NC(=O)C6CC6)c5)cc34)[nH]c2C1. The van der Waals surface area contributed by atoms with Crippen LogP contribution in [0.25, 0.3) is 39.1 Å². The largest absolute Gasteiger partial charge is 0.402 e. The summed E-state index contributed by atoms with van der Waals surface area (Å²) >= 11 is 0. The van der Waals surface area contributed by atoms with Gasteiger partial charge in [-0.3, -0.25) is 9.78 Å². The Morgan fingerprint density at radius 2 is 1.77 bits per heavy atom. The second-order valence-electron chi connectivity index (χ2n) is 10.1. The van der Waals surface area contributed by atoms with E-state index in [-0.39, 0.29) is 17.6 Å². The number of benzene rings is 2. The summed E-state index contributed by atoms with van der Waals surface area (Å²) in [6.07, 6.45) is 11.1. The maximum Gasteiger partial charge on any atom is 0.227 e. The van der Waals surface area contributed by atoms with Crippen LogP contribution < -0.4 is 11.1 Å². The molecule has 0 aliphatic heterocycles. The molecule has 0 radical (unpaired) electrons. The maximum absolute atomic E-state index is 13.6. The lowest BCUT2D eigenvalue weighted by atomic mass is 10.0. The van der Waals surface area contributed by atoms with Crippen LogP contribution >= 0.6 is 0 Å². The van der Waals surface area contributed by atoms with Crippen LogP contribution in [-0.4, -0.2) is 30.8 Å². The van der Waals surface area contributed by atoms with Gasteiger partial charge in [0.05, 0.1) is 23.1 Å². The second kappa shape index (κ2) is 9.53. The molecule has 4 N–H and O–H groups in total. The van der Waals surface area contributed by atoms with Crippen molar-refractivity contribution >= 4 is 28.1 Å². The third kappa shape index (κ3) is 4.51. The zero-order chi connectivity index (χ0) is 27.2. The monoisotopic (exact) mass is 529 g/mol. The van der Waals surface area contributed by atoms with E-state index < -0.39 is 0 Å². The van der Waals surface area contributed by atoms with Crippen LogP contribution in [0.5, 0.6) is 0 Å². The molecule has 5 aromatic rings. The lowest BCUT2D eigenvalue weighted by molar-refractivity contribution is -0.117. The summed E-state index contributed by atoms with van der Waals surface area (Å²) in [4.78, 5) is 34.1. The van der Waals surface area contributed by atoms with Gasteiger partial charge in [-0.2, -0.15) is 0 Å². The average Bonchev–Trinajstić information content (AvgIpc) is 3.77. The molecule has 3 heterocycles. The highest BCUT2D eigenvalue weighted by Gasteiger charge is 2.29. The van der Waals surface area contributed by atoms with Crippen molar-refractivity contribution in [2.75, 3.05) is 5.32 Å². The van der Waals surface area contributed by atoms with E-state index >= 15 is 0 Å². The highest BCUT2D eigenvalue weighted by Crippen LogP contribution is 2.34. The number of hydrogen-bond donors (Lipinski definition) is 3. The van der Waals surface area contributed by atoms with Crippen molar-refractivity contribution in [1.29, 1.82) is 0 Å². The highest BCUT2D eigenvalue weighted by atomic mass is 19.1. The van der Waals surface area contributed by atoms with Crippen LogP contribution in [0.15, 0.2) is 85.1 Å². The Morgan fingerprint density at radius 1 is 0.950 bits per heavy atom. The molecule has 1 amide bonds.